The van der Waals surface area contributed by atoms with Crippen LogP contribution in [0.3, 0.4) is 0 Å². The molecule has 0 radical (unpaired) electrons. The normalized spacial score (nSPS) is 17.0. The van der Waals surface area contributed by atoms with Gasteiger partial charge in [0.25, 0.3) is 0 Å². The summed E-state index contributed by atoms with van der Waals surface area (Å²) in [5, 5.41) is 0. The zero-order chi connectivity index (χ0) is 14.6. The molecule has 4 rings (SSSR count). The van der Waals surface area contributed by atoms with Crippen molar-refractivity contribution in [2.45, 2.75) is 6.04 Å². The lowest BCUT2D eigenvalue weighted by Crippen LogP contribution is -2.13. The largest absolute Gasteiger partial charge is 0.491 e. The molecule has 0 fully saturated rings. The Kier molecular flexibility index (Phi) is 2.62. The number of rotatable bonds is 1. The summed E-state index contributed by atoms with van der Waals surface area (Å²) in [6, 6.07) is 9.83. The highest BCUT2D eigenvalue weighted by Crippen LogP contribution is 2.37. The highest BCUT2D eigenvalue weighted by molar-refractivity contribution is 7.71. The molecule has 21 heavy (non-hydrogen) atoms. The van der Waals surface area contributed by atoms with E-state index >= 15 is 0 Å². The molecule has 0 saturated heterocycles. The highest BCUT2D eigenvalue weighted by atomic mass is 32.1. The number of aromatic amines is 1. The average molecular weight is 304 g/mol. The molecule has 1 unspecified atom stereocenters. The van der Waals surface area contributed by atoms with E-state index < -0.39 is 11.6 Å². The lowest BCUT2D eigenvalue weighted by molar-refractivity contribution is 0.317. The fourth-order valence-corrected chi connectivity index (χ4v) is 3.14. The van der Waals surface area contributed by atoms with Crippen LogP contribution in [0.25, 0.3) is 11.0 Å². The van der Waals surface area contributed by atoms with E-state index in [0.717, 1.165) is 17.4 Å². The molecule has 0 aliphatic carbocycles. The minimum atomic E-state index is -0.899. The molecular weight excluding hydrogens is 294 g/mol. The van der Waals surface area contributed by atoms with E-state index in [1.54, 1.807) is 4.57 Å². The smallest absolute Gasteiger partial charge is 0.184 e. The van der Waals surface area contributed by atoms with E-state index in [0.29, 0.717) is 16.9 Å². The Morgan fingerprint density at radius 3 is 2.86 bits per heavy atom. The Bertz CT molecular complexity index is 916. The molecule has 1 aromatic heterocycles. The van der Waals surface area contributed by atoms with Crippen LogP contribution in [-0.4, -0.2) is 16.2 Å². The molecular formula is C15H10F2N2OS. The third kappa shape index (κ3) is 1.72. The van der Waals surface area contributed by atoms with Crippen molar-refractivity contribution < 1.29 is 13.5 Å². The Hall–Kier alpha value is -2.21. The van der Waals surface area contributed by atoms with Crippen molar-refractivity contribution in [3.05, 3.63) is 58.4 Å². The maximum atomic E-state index is 14.2. The number of nitrogens with zero attached hydrogens (tertiary/aromatic N) is 1. The minimum Gasteiger partial charge on any atom is -0.491 e. The van der Waals surface area contributed by atoms with Crippen LogP contribution in [0.1, 0.15) is 11.6 Å². The van der Waals surface area contributed by atoms with Gasteiger partial charge in [-0.05, 0) is 30.4 Å². The van der Waals surface area contributed by atoms with E-state index in [2.05, 4.69) is 4.98 Å². The summed E-state index contributed by atoms with van der Waals surface area (Å²) in [4.78, 5) is 2.92. The van der Waals surface area contributed by atoms with Crippen LogP contribution in [0.2, 0.25) is 0 Å². The summed E-state index contributed by atoms with van der Waals surface area (Å²) >= 11 is 5.28. The Balaban J connectivity index is 2.02. The van der Waals surface area contributed by atoms with Crippen LogP contribution in [0, 0.1) is 16.4 Å². The summed E-state index contributed by atoms with van der Waals surface area (Å²) in [5.41, 5.74) is 1.53. The topological polar surface area (TPSA) is 29.9 Å². The molecule has 106 valence electrons. The van der Waals surface area contributed by atoms with Gasteiger partial charge in [0.2, 0.25) is 0 Å². The molecule has 2 aromatic carbocycles. The van der Waals surface area contributed by atoms with Crippen LogP contribution in [-0.2, 0) is 0 Å². The first-order chi connectivity index (χ1) is 10.2. The highest BCUT2D eigenvalue weighted by Gasteiger charge is 2.28. The van der Waals surface area contributed by atoms with Gasteiger partial charge in [0.05, 0.1) is 11.6 Å². The van der Waals surface area contributed by atoms with Crippen molar-refractivity contribution >= 4 is 23.3 Å². The number of para-hydroxylation sites is 1. The van der Waals surface area contributed by atoms with Crippen molar-refractivity contribution in [3.63, 3.8) is 0 Å². The molecule has 1 aliphatic heterocycles. The van der Waals surface area contributed by atoms with Gasteiger partial charge in [-0.1, -0.05) is 18.2 Å². The van der Waals surface area contributed by atoms with Crippen LogP contribution >= 0.6 is 12.2 Å². The Morgan fingerprint density at radius 2 is 2.00 bits per heavy atom. The average Bonchev–Trinajstić information content (AvgIpc) is 3.04. The number of H-pyrrole nitrogens is 1. The number of fused-ring (bicyclic) bond motifs is 2. The van der Waals surface area contributed by atoms with Gasteiger partial charge in [-0.2, -0.15) is 0 Å². The van der Waals surface area contributed by atoms with Crippen molar-refractivity contribution in [1.82, 2.24) is 9.55 Å². The molecule has 1 aliphatic rings. The maximum Gasteiger partial charge on any atom is 0.184 e. The number of hydrogen-bond acceptors (Lipinski definition) is 2. The van der Waals surface area contributed by atoms with Crippen molar-refractivity contribution in [2.75, 3.05) is 6.61 Å². The molecule has 3 aromatic rings. The second-order valence-corrected chi connectivity index (χ2v) is 5.31. The number of hydrogen-bond donors (Lipinski definition) is 1. The fourth-order valence-electron chi connectivity index (χ4n) is 2.81. The van der Waals surface area contributed by atoms with Crippen molar-refractivity contribution in [1.29, 1.82) is 0 Å². The Morgan fingerprint density at radius 1 is 1.19 bits per heavy atom. The van der Waals surface area contributed by atoms with Gasteiger partial charge in [0.15, 0.2) is 16.4 Å². The lowest BCUT2D eigenvalue weighted by Gasteiger charge is -2.12. The third-order valence-electron chi connectivity index (χ3n) is 3.76. The van der Waals surface area contributed by atoms with Crippen LogP contribution in [0.5, 0.6) is 5.75 Å². The third-order valence-corrected chi connectivity index (χ3v) is 4.06. The predicted octanol–water partition coefficient (Wildman–Crippen LogP) is 3.96. The van der Waals surface area contributed by atoms with E-state index in [1.807, 2.05) is 24.3 Å². The quantitative estimate of drug-likeness (QED) is 0.690. The van der Waals surface area contributed by atoms with Gasteiger partial charge in [0, 0.05) is 5.56 Å². The first kappa shape index (κ1) is 12.5. The standard InChI is InChI=1S/C15H10F2N2OS/c16-9-5-6-10-14(13(9)17)19(15(21)18-10)11-7-20-12-4-2-1-3-8(11)12/h1-6,11H,7H2,(H,18,21). The van der Waals surface area contributed by atoms with Gasteiger partial charge >= 0.3 is 0 Å². The SMILES string of the molecule is Fc1ccc2[nH]c(=S)n(C3COc4ccccc43)c2c1F. The zero-order valence-corrected chi connectivity index (χ0v) is 11.6. The number of halogens is 2. The van der Waals surface area contributed by atoms with Crippen molar-refractivity contribution in [2.24, 2.45) is 0 Å². The monoisotopic (exact) mass is 304 g/mol. The van der Waals surface area contributed by atoms with E-state index in [9.17, 15) is 8.78 Å². The van der Waals surface area contributed by atoms with Crippen LogP contribution in [0.4, 0.5) is 8.78 Å². The zero-order valence-electron chi connectivity index (χ0n) is 10.8. The number of nitrogens with one attached hydrogen (secondary N) is 1. The second kappa shape index (κ2) is 4.39. The number of imidazole rings is 1. The minimum absolute atomic E-state index is 0.144. The summed E-state index contributed by atoms with van der Waals surface area (Å²) in [6.45, 7) is 0.344. The molecule has 6 heteroatoms. The molecule has 3 nitrogen and oxygen atoms in total. The lowest BCUT2D eigenvalue weighted by atomic mass is 10.1. The number of aromatic nitrogens is 2. The van der Waals surface area contributed by atoms with Gasteiger partial charge < -0.3 is 14.3 Å². The Labute approximate surface area is 123 Å². The molecule has 0 bridgehead atoms. The van der Waals surface area contributed by atoms with Crippen LogP contribution in [0.15, 0.2) is 36.4 Å². The van der Waals surface area contributed by atoms with Gasteiger partial charge in [0.1, 0.15) is 17.9 Å². The summed E-state index contributed by atoms with van der Waals surface area (Å²) in [6.07, 6.45) is 0. The summed E-state index contributed by atoms with van der Waals surface area (Å²) < 4.78 is 35.3. The van der Waals surface area contributed by atoms with Crippen molar-refractivity contribution in [3.8, 4) is 5.75 Å². The molecule has 1 N–H and O–H groups in total. The van der Waals surface area contributed by atoms with E-state index in [1.165, 1.54) is 6.07 Å². The second-order valence-electron chi connectivity index (χ2n) is 4.92. The number of ether oxygens (including phenoxy) is 1. The molecule has 0 spiro atoms. The molecule has 1 atom stereocenters. The number of benzene rings is 2. The van der Waals surface area contributed by atoms with Crippen LogP contribution < -0.4 is 4.74 Å². The first-order valence-electron chi connectivity index (χ1n) is 6.47. The van der Waals surface area contributed by atoms with E-state index in [-0.39, 0.29) is 11.6 Å². The van der Waals surface area contributed by atoms with E-state index in [4.69, 9.17) is 17.0 Å². The first-order valence-corrected chi connectivity index (χ1v) is 6.87. The molecule has 0 saturated carbocycles. The maximum absolute atomic E-state index is 14.2. The van der Waals surface area contributed by atoms with Gasteiger partial charge in [-0.25, -0.2) is 8.78 Å². The molecule has 0 amide bonds. The predicted molar refractivity (Wildman–Crippen MR) is 77.1 cm³/mol. The summed E-state index contributed by atoms with van der Waals surface area (Å²) in [7, 11) is 0. The van der Waals surface area contributed by atoms with Gasteiger partial charge in [-0.15, -0.1) is 0 Å². The molecule has 2 heterocycles. The summed E-state index contributed by atoms with van der Waals surface area (Å²) in [5.74, 6) is -1.04. The van der Waals surface area contributed by atoms with Gasteiger partial charge in [-0.3, -0.25) is 0 Å². The fraction of sp³-hybridized carbons (Fsp3) is 0.133.